The maximum Gasteiger partial charge on any atom is 0.225 e. The largest absolute Gasteiger partial charge is 0.382 e. The van der Waals surface area contributed by atoms with Crippen molar-refractivity contribution in [1.29, 1.82) is 5.26 Å². The summed E-state index contributed by atoms with van der Waals surface area (Å²) in [7, 11) is -3.10. The van der Waals surface area contributed by atoms with Gasteiger partial charge in [-0.05, 0) is 18.6 Å². The summed E-state index contributed by atoms with van der Waals surface area (Å²) in [6, 6.07) is 5.71. The molecular weight excluding hydrogens is 387 g/mol. The van der Waals surface area contributed by atoms with E-state index >= 15 is 0 Å². The van der Waals surface area contributed by atoms with Gasteiger partial charge in [0, 0.05) is 32.1 Å². The second kappa shape index (κ2) is 8.14. The molecule has 3 rings (SSSR count). The summed E-state index contributed by atoms with van der Waals surface area (Å²) in [5.74, 6) is -1.56. The van der Waals surface area contributed by atoms with Crippen LogP contribution in [0.2, 0.25) is 0 Å². The number of carbonyl (C=O) groups excluding carboxylic acids is 2. The van der Waals surface area contributed by atoms with Crippen LogP contribution in [0.15, 0.2) is 18.2 Å². The summed E-state index contributed by atoms with van der Waals surface area (Å²) in [6.45, 7) is 0.749. The van der Waals surface area contributed by atoms with Gasteiger partial charge >= 0.3 is 0 Å². The normalized spacial score (nSPS) is 23.4. The third-order valence-electron chi connectivity index (χ3n) is 5.04. The molecule has 0 unspecified atom stereocenters. The fourth-order valence-electron chi connectivity index (χ4n) is 3.59. The van der Waals surface area contributed by atoms with Crippen LogP contribution in [0.3, 0.4) is 0 Å². The fourth-order valence-corrected chi connectivity index (χ4v) is 5.32. The van der Waals surface area contributed by atoms with E-state index in [-0.39, 0.29) is 61.0 Å². The number of hydrogen-bond donors (Lipinski definition) is 2. The Labute approximate surface area is 162 Å². The number of halogens is 1. The topological polar surface area (TPSA) is 119 Å². The molecule has 10 heteroatoms. The molecule has 0 spiro atoms. The van der Waals surface area contributed by atoms with Gasteiger partial charge in [-0.15, -0.1) is 0 Å². The third-order valence-corrected chi connectivity index (χ3v) is 6.79. The van der Waals surface area contributed by atoms with Crippen LogP contribution in [-0.2, 0) is 19.4 Å². The van der Waals surface area contributed by atoms with Crippen molar-refractivity contribution in [2.45, 2.75) is 18.9 Å². The summed E-state index contributed by atoms with van der Waals surface area (Å²) in [6.07, 6.45) is 0.486. The van der Waals surface area contributed by atoms with Crippen LogP contribution in [0.4, 0.5) is 10.1 Å². The molecule has 2 aliphatic heterocycles. The smallest absolute Gasteiger partial charge is 0.225 e. The number of sulfone groups is 1. The van der Waals surface area contributed by atoms with Gasteiger partial charge in [0.15, 0.2) is 9.84 Å². The Morgan fingerprint density at radius 2 is 2.14 bits per heavy atom. The number of amides is 2. The van der Waals surface area contributed by atoms with Gasteiger partial charge < -0.3 is 15.5 Å². The highest BCUT2D eigenvalue weighted by Crippen LogP contribution is 2.26. The Balaban J connectivity index is 1.47. The van der Waals surface area contributed by atoms with Crippen molar-refractivity contribution in [2.75, 3.05) is 36.5 Å². The Morgan fingerprint density at radius 1 is 1.36 bits per heavy atom. The molecule has 2 aliphatic rings. The number of carbonyl (C=O) groups is 2. The van der Waals surface area contributed by atoms with Crippen molar-refractivity contribution < 1.29 is 22.4 Å². The van der Waals surface area contributed by atoms with Gasteiger partial charge in [0.2, 0.25) is 11.8 Å². The van der Waals surface area contributed by atoms with E-state index in [9.17, 15) is 22.4 Å². The standard InChI is InChI=1S/C18H21FN4O4S/c19-15-2-1-3-16(14(15)9-20)21-5-6-22-18(25)12-8-17(24)23(10-12)13-4-7-28(26,27)11-13/h1-3,12-13,21H,4-8,10-11H2,(H,22,25)/t12-,13-/m1/s1. The summed E-state index contributed by atoms with van der Waals surface area (Å²) in [5.41, 5.74) is 0.263. The van der Waals surface area contributed by atoms with Gasteiger partial charge in [0.1, 0.15) is 17.4 Å². The zero-order valence-electron chi connectivity index (χ0n) is 15.2. The van der Waals surface area contributed by atoms with E-state index in [0.29, 0.717) is 12.1 Å². The average Bonchev–Trinajstić information content (AvgIpc) is 3.20. The Morgan fingerprint density at radius 3 is 2.82 bits per heavy atom. The van der Waals surface area contributed by atoms with Gasteiger partial charge in [-0.2, -0.15) is 5.26 Å². The molecule has 0 bridgehead atoms. The molecule has 2 amide bonds. The van der Waals surface area contributed by atoms with E-state index in [2.05, 4.69) is 10.6 Å². The van der Waals surface area contributed by atoms with E-state index in [1.165, 1.54) is 17.0 Å². The Hall–Kier alpha value is -2.67. The van der Waals surface area contributed by atoms with E-state index in [1.54, 1.807) is 12.1 Å². The van der Waals surface area contributed by atoms with Crippen molar-refractivity contribution in [3.8, 4) is 6.07 Å². The Bertz CT molecular complexity index is 928. The van der Waals surface area contributed by atoms with Gasteiger partial charge in [0.25, 0.3) is 0 Å². The maximum atomic E-state index is 13.5. The Kier molecular flexibility index (Phi) is 5.84. The number of nitrogens with one attached hydrogen (secondary N) is 2. The predicted molar refractivity (Wildman–Crippen MR) is 99.5 cm³/mol. The maximum absolute atomic E-state index is 13.5. The molecule has 0 saturated carbocycles. The first-order valence-corrected chi connectivity index (χ1v) is 10.8. The second-order valence-corrected chi connectivity index (χ2v) is 9.22. The van der Waals surface area contributed by atoms with Crippen molar-refractivity contribution in [3.63, 3.8) is 0 Å². The van der Waals surface area contributed by atoms with Gasteiger partial charge in [-0.25, -0.2) is 12.8 Å². The SMILES string of the molecule is N#Cc1c(F)cccc1NCCNC(=O)[C@@H]1CC(=O)N([C@@H]2CCS(=O)(=O)C2)C1. The minimum atomic E-state index is -3.10. The zero-order valence-corrected chi connectivity index (χ0v) is 16.0. The highest BCUT2D eigenvalue weighted by Gasteiger charge is 2.41. The fraction of sp³-hybridized carbons (Fsp3) is 0.500. The monoisotopic (exact) mass is 408 g/mol. The number of rotatable bonds is 6. The molecule has 0 aromatic heterocycles. The zero-order chi connectivity index (χ0) is 20.3. The number of anilines is 1. The van der Waals surface area contributed by atoms with E-state index in [4.69, 9.17) is 5.26 Å². The lowest BCUT2D eigenvalue weighted by atomic mass is 10.1. The highest BCUT2D eigenvalue weighted by molar-refractivity contribution is 7.91. The lowest BCUT2D eigenvalue weighted by Crippen LogP contribution is -2.39. The van der Waals surface area contributed by atoms with Crippen LogP contribution < -0.4 is 10.6 Å². The van der Waals surface area contributed by atoms with E-state index in [1.807, 2.05) is 0 Å². The van der Waals surface area contributed by atoms with Crippen LogP contribution >= 0.6 is 0 Å². The lowest BCUT2D eigenvalue weighted by Gasteiger charge is -2.22. The summed E-state index contributed by atoms with van der Waals surface area (Å²) in [4.78, 5) is 26.0. The summed E-state index contributed by atoms with van der Waals surface area (Å²) >= 11 is 0. The molecule has 0 radical (unpaired) electrons. The van der Waals surface area contributed by atoms with Crippen LogP contribution in [0.5, 0.6) is 0 Å². The first-order valence-electron chi connectivity index (χ1n) is 9.01. The number of likely N-dealkylation sites (tertiary alicyclic amines) is 1. The molecule has 1 aromatic carbocycles. The minimum Gasteiger partial charge on any atom is -0.382 e. The molecule has 2 atom stereocenters. The molecule has 28 heavy (non-hydrogen) atoms. The molecule has 1 aromatic rings. The molecule has 8 nitrogen and oxygen atoms in total. The molecule has 0 aliphatic carbocycles. The highest BCUT2D eigenvalue weighted by atomic mass is 32.2. The molecule has 2 N–H and O–H groups in total. The number of nitrogens with zero attached hydrogens (tertiary/aromatic N) is 2. The first-order chi connectivity index (χ1) is 13.3. The average molecular weight is 408 g/mol. The second-order valence-electron chi connectivity index (χ2n) is 7.00. The lowest BCUT2D eigenvalue weighted by molar-refractivity contribution is -0.130. The van der Waals surface area contributed by atoms with Crippen LogP contribution in [0.1, 0.15) is 18.4 Å². The van der Waals surface area contributed by atoms with Crippen molar-refractivity contribution in [1.82, 2.24) is 10.2 Å². The predicted octanol–water partition coefficient (Wildman–Crippen LogP) is 0.261. The van der Waals surface area contributed by atoms with Crippen LogP contribution in [-0.4, -0.2) is 62.3 Å². The van der Waals surface area contributed by atoms with Crippen molar-refractivity contribution in [2.24, 2.45) is 5.92 Å². The molecular formula is C18H21FN4O4S. The van der Waals surface area contributed by atoms with Crippen LogP contribution in [0, 0.1) is 23.1 Å². The van der Waals surface area contributed by atoms with Crippen molar-refractivity contribution >= 4 is 27.3 Å². The number of hydrogen-bond acceptors (Lipinski definition) is 6. The van der Waals surface area contributed by atoms with Gasteiger partial charge in [0.05, 0.1) is 23.1 Å². The van der Waals surface area contributed by atoms with E-state index < -0.39 is 21.6 Å². The number of benzene rings is 1. The molecule has 2 fully saturated rings. The van der Waals surface area contributed by atoms with E-state index in [0.717, 1.165) is 0 Å². The minimum absolute atomic E-state index is 0.0359. The first kappa shape index (κ1) is 20.1. The van der Waals surface area contributed by atoms with Crippen LogP contribution in [0.25, 0.3) is 0 Å². The molecule has 2 heterocycles. The number of nitriles is 1. The summed E-state index contributed by atoms with van der Waals surface area (Å²) in [5, 5.41) is 14.6. The van der Waals surface area contributed by atoms with Gasteiger partial charge in [-0.3, -0.25) is 9.59 Å². The summed E-state index contributed by atoms with van der Waals surface area (Å²) < 4.78 is 36.8. The van der Waals surface area contributed by atoms with Gasteiger partial charge in [-0.1, -0.05) is 6.07 Å². The third kappa shape index (κ3) is 4.42. The molecule has 2 saturated heterocycles. The quantitative estimate of drug-likeness (QED) is 0.652. The van der Waals surface area contributed by atoms with Crippen molar-refractivity contribution in [3.05, 3.63) is 29.6 Å². The molecule has 150 valence electrons.